The number of nitrogens with one attached hydrogen (secondary N) is 1. The van der Waals surface area contributed by atoms with E-state index in [2.05, 4.69) is 10.4 Å². The Morgan fingerprint density at radius 2 is 1.82 bits per heavy atom. The summed E-state index contributed by atoms with van der Waals surface area (Å²) in [6, 6.07) is 15.8. The van der Waals surface area contributed by atoms with E-state index < -0.39 is 11.5 Å². The van der Waals surface area contributed by atoms with Crippen LogP contribution in [0.4, 0.5) is 0 Å². The fourth-order valence-electron chi connectivity index (χ4n) is 3.88. The Balaban J connectivity index is 1.57. The number of pyridine rings is 1. The molecule has 9 heteroatoms. The standard InChI is InChI=1S/C25H20ClN5O3/c1-3-20-22(15-4-8-17(26)9-5-15)23-27-14-19-21(31(23)28-20)12-13-30(25(19)33)29-24(32)16-6-10-18(34-2)11-7-16/h4-14H,3H2,1-2H3,(H,29,32). The Morgan fingerprint density at radius 1 is 1.09 bits per heavy atom. The first-order chi connectivity index (χ1) is 16.5. The third kappa shape index (κ3) is 3.68. The van der Waals surface area contributed by atoms with Gasteiger partial charge in [-0.05, 0) is 54.4 Å². The van der Waals surface area contributed by atoms with Crippen LogP contribution in [-0.2, 0) is 6.42 Å². The van der Waals surface area contributed by atoms with Crippen molar-refractivity contribution in [3.05, 3.63) is 93.6 Å². The van der Waals surface area contributed by atoms with Crippen molar-refractivity contribution >= 4 is 34.1 Å². The molecule has 3 aromatic heterocycles. The highest BCUT2D eigenvalue weighted by molar-refractivity contribution is 6.30. The molecule has 0 radical (unpaired) electrons. The molecule has 3 heterocycles. The van der Waals surface area contributed by atoms with Gasteiger partial charge in [0.05, 0.1) is 23.7 Å². The van der Waals surface area contributed by atoms with Gasteiger partial charge in [0.2, 0.25) is 0 Å². The fraction of sp³-hybridized carbons (Fsp3) is 0.120. The topological polar surface area (TPSA) is 90.5 Å². The van der Waals surface area contributed by atoms with Crippen LogP contribution in [0.2, 0.25) is 5.02 Å². The zero-order chi connectivity index (χ0) is 23.8. The van der Waals surface area contributed by atoms with Crippen molar-refractivity contribution in [2.45, 2.75) is 13.3 Å². The summed E-state index contributed by atoms with van der Waals surface area (Å²) in [4.78, 5) is 30.3. The second kappa shape index (κ2) is 8.64. The number of carbonyl (C=O) groups is 1. The molecule has 0 aliphatic rings. The molecule has 1 amide bonds. The highest BCUT2D eigenvalue weighted by Gasteiger charge is 2.18. The van der Waals surface area contributed by atoms with Crippen LogP contribution in [0.5, 0.6) is 5.75 Å². The Kier molecular flexibility index (Phi) is 5.51. The van der Waals surface area contributed by atoms with Gasteiger partial charge >= 0.3 is 0 Å². The summed E-state index contributed by atoms with van der Waals surface area (Å²) in [6.45, 7) is 2.02. The predicted molar refractivity (Wildman–Crippen MR) is 131 cm³/mol. The molecule has 8 nitrogen and oxygen atoms in total. The molecule has 0 saturated heterocycles. The monoisotopic (exact) mass is 473 g/mol. The van der Waals surface area contributed by atoms with Crippen LogP contribution in [0.1, 0.15) is 23.0 Å². The van der Waals surface area contributed by atoms with Gasteiger partial charge in [0, 0.05) is 28.5 Å². The maximum atomic E-state index is 13.1. The van der Waals surface area contributed by atoms with Crippen LogP contribution < -0.4 is 15.7 Å². The van der Waals surface area contributed by atoms with Crippen molar-refractivity contribution in [3.8, 4) is 16.9 Å². The van der Waals surface area contributed by atoms with E-state index in [1.807, 2.05) is 31.2 Å². The lowest BCUT2D eigenvalue weighted by Crippen LogP contribution is -2.32. The summed E-state index contributed by atoms with van der Waals surface area (Å²) in [7, 11) is 1.55. The number of fused-ring (bicyclic) bond motifs is 3. The maximum absolute atomic E-state index is 13.1. The summed E-state index contributed by atoms with van der Waals surface area (Å²) in [5.74, 6) is 0.216. The molecule has 0 fully saturated rings. The molecule has 0 spiro atoms. The zero-order valence-corrected chi connectivity index (χ0v) is 19.2. The number of hydrogen-bond donors (Lipinski definition) is 1. The van der Waals surface area contributed by atoms with Gasteiger partial charge in [-0.15, -0.1) is 0 Å². The van der Waals surface area contributed by atoms with E-state index in [9.17, 15) is 9.59 Å². The van der Waals surface area contributed by atoms with Crippen molar-refractivity contribution in [2.24, 2.45) is 0 Å². The Hall–Kier alpha value is -4.17. The van der Waals surface area contributed by atoms with Crippen molar-refractivity contribution in [1.29, 1.82) is 0 Å². The summed E-state index contributed by atoms with van der Waals surface area (Å²) >= 11 is 6.05. The van der Waals surface area contributed by atoms with Gasteiger partial charge in [-0.25, -0.2) is 14.2 Å². The van der Waals surface area contributed by atoms with Crippen molar-refractivity contribution in [1.82, 2.24) is 19.3 Å². The van der Waals surface area contributed by atoms with E-state index in [4.69, 9.17) is 21.4 Å². The van der Waals surface area contributed by atoms with Gasteiger partial charge in [0.1, 0.15) is 5.75 Å². The van der Waals surface area contributed by atoms with Gasteiger partial charge < -0.3 is 4.74 Å². The number of methoxy groups -OCH3 is 1. The Morgan fingerprint density at radius 3 is 2.50 bits per heavy atom. The molecule has 0 atom stereocenters. The van der Waals surface area contributed by atoms with E-state index in [1.54, 1.807) is 42.0 Å². The molecular weight excluding hydrogens is 454 g/mol. The van der Waals surface area contributed by atoms with Crippen LogP contribution in [0, 0.1) is 0 Å². The fourth-order valence-corrected chi connectivity index (χ4v) is 4.00. The highest BCUT2D eigenvalue weighted by atomic mass is 35.5. The molecule has 0 aliphatic heterocycles. The second-order valence-electron chi connectivity index (χ2n) is 7.63. The Bertz CT molecular complexity index is 1590. The third-order valence-electron chi connectivity index (χ3n) is 5.63. The predicted octanol–water partition coefficient (Wildman–Crippen LogP) is 4.32. The van der Waals surface area contributed by atoms with Gasteiger partial charge in [0.25, 0.3) is 11.5 Å². The van der Waals surface area contributed by atoms with E-state index >= 15 is 0 Å². The molecule has 0 unspecified atom stereocenters. The average Bonchev–Trinajstić information content (AvgIpc) is 3.25. The first-order valence-electron chi connectivity index (χ1n) is 10.6. The van der Waals surface area contributed by atoms with Gasteiger partial charge in [-0.2, -0.15) is 5.10 Å². The van der Waals surface area contributed by atoms with Crippen LogP contribution >= 0.6 is 11.6 Å². The van der Waals surface area contributed by atoms with Crippen LogP contribution in [-0.4, -0.2) is 32.3 Å². The van der Waals surface area contributed by atoms with Crippen LogP contribution in [0.15, 0.2) is 71.8 Å². The van der Waals surface area contributed by atoms with E-state index in [-0.39, 0.29) is 0 Å². The molecule has 170 valence electrons. The minimum Gasteiger partial charge on any atom is -0.497 e. The molecule has 34 heavy (non-hydrogen) atoms. The lowest BCUT2D eigenvalue weighted by atomic mass is 10.0. The molecule has 2 aromatic carbocycles. The van der Waals surface area contributed by atoms with E-state index in [0.717, 1.165) is 21.5 Å². The minimum absolute atomic E-state index is 0.331. The number of nitrogens with zero attached hydrogens (tertiary/aromatic N) is 4. The average molecular weight is 474 g/mol. The molecule has 5 rings (SSSR count). The number of halogens is 1. The molecule has 0 saturated carbocycles. The smallest absolute Gasteiger partial charge is 0.280 e. The quantitative estimate of drug-likeness (QED) is 0.410. The Labute approximate surface area is 199 Å². The van der Waals surface area contributed by atoms with Gasteiger partial charge in [0.15, 0.2) is 5.65 Å². The maximum Gasteiger partial charge on any atom is 0.280 e. The number of hydrogen-bond acceptors (Lipinski definition) is 5. The number of rotatable bonds is 5. The number of aromatic nitrogens is 4. The third-order valence-corrected chi connectivity index (χ3v) is 5.88. The number of amides is 1. The summed E-state index contributed by atoms with van der Waals surface area (Å²) < 4.78 is 7.93. The number of ether oxygens (including phenoxy) is 1. The molecule has 5 aromatic rings. The molecule has 1 N–H and O–H groups in total. The van der Waals surface area contributed by atoms with E-state index in [0.29, 0.717) is 39.3 Å². The van der Waals surface area contributed by atoms with Gasteiger partial charge in [-0.3, -0.25) is 15.0 Å². The SMILES string of the molecule is CCc1nn2c(ncc3c(=O)n(NC(=O)c4ccc(OC)cc4)ccc32)c1-c1ccc(Cl)cc1. The summed E-state index contributed by atoms with van der Waals surface area (Å²) in [5, 5.41) is 5.71. The summed E-state index contributed by atoms with van der Waals surface area (Å²) in [5.41, 5.74) is 6.56. The molecule has 0 bridgehead atoms. The van der Waals surface area contributed by atoms with Crippen molar-refractivity contribution < 1.29 is 9.53 Å². The van der Waals surface area contributed by atoms with Crippen molar-refractivity contribution in [3.63, 3.8) is 0 Å². The van der Waals surface area contributed by atoms with E-state index in [1.165, 1.54) is 12.4 Å². The first-order valence-corrected chi connectivity index (χ1v) is 11.0. The van der Waals surface area contributed by atoms with Gasteiger partial charge in [-0.1, -0.05) is 30.7 Å². The zero-order valence-electron chi connectivity index (χ0n) is 18.4. The number of carbonyl (C=O) groups excluding carboxylic acids is 1. The first kappa shape index (κ1) is 21.7. The highest BCUT2D eigenvalue weighted by Crippen LogP contribution is 2.30. The number of aryl methyl sites for hydroxylation is 1. The summed E-state index contributed by atoms with van der Waals surface area (Å²) in [6.07, 6.45) is 3.72. The second-order valence-corrected chi connectivity index (χ2v) is 8.07. The number of benzene rings is 2. The normalized spacial score (nSPS) is 11.1. The molecule has 0 aliphatic carbocycles. The minimum atomic E-state index is -0.421. The lowest BCUT2D eigenvalue weighted by Gasteiger charge is -2.10. The molecular formula is C25H20ClN5O3. The van der Waals surface area contributed by atoms with Crippen molar-refractivity contribution in [2.75, 3.05) is 12.5 Å². The van der Waals surface area contributed by atoms with Crippen LogP contribution in [0.25, 0.3) is 27.7 Å². The lowest BCUT2D eigenvalue weighted by molar-refractivity contribution is 0.101. The van der Waals surface area contributed by atoms with Crippen LogP contribution in [0.3, 0.4) is 0 Å². The largest absolute Gasteiger partial charge is 0.497 e.